The Morgan fingerprint density at radius 2 is 1.39 bits per heavy atom. The number of ether oxygens (including phenoxy) is 1. The summed E-state index contributed by atoms with van der Waals surface area (Å²) >= 11 is 0. The Hall–Kier alpha value is -0.860. The Bertz CT molecular complexity index is 521. The molecule has 33 heavy (non-hydrogen) atoms. The van der Waals surface area contributed by atoms with Gasteiger partial charge in [-0.1, -0.05) is 89.2 Å². The molecule has 0 aromatic rings. The zero-order valence-electron chi connectivity index (χ0n) is 20.7. The van der Waals surface area contributed by atoms with E-state index < -0.39 is 20.5 Å². The molecule has 0 aliphatic carbocycles. The number of hydrogen-bond acceptors (Lipinski definition) is 9. The molecule has 0 rings (SSSR count). The number of carbonyl (C=O) groups is 1. The summed E-state index contributed by atoms with van der Waals surface area (Å²) in [5.74, 6) is -0.243. The number of hydrogen-bond donors (Lipinski definition) is 1. The van der Waals surface area contributed by atoms with Gasteiger partial charge in [-0.05, 0) is 6.42 Å². The van der Waals surface area contributed by atoms with E-state index in [1.54, 1.807) is 0 Å². The molecule has 0 aliphatic rings. The van der Waals surface area contributed by atoms with Gasteiger partial charge in [0.05, 0.1) is 26.4 Å². The van der Waals surface area contributed by atoms with E-state index in [9.17, 15) is 14.3 Å². The molecule has 0 fully saturated rings. The van der Waals surface area contributed by atoms with Crippen LogP contribution in [0.4, 0.5) is 0 Å². The molecule has 0 saturated carbocycles. The third-order valence-electron chi connectivity index (χ3n) is 5.29. The molecular weight excluding hydrogens is 449 g/mol. The van der Waals surface area contributed by atoms with Crippen LogP contribution >= 0.6 is 7.82 Å². The number of aliphatic hydroxyl groups is 1. The minimum absolute atomic E-state index is 0.00452. The van der Waals surface area contributed by atoms with Crippen molar-refractivity contribution >= 4 is 13.8 Å². The average Bonchev–Trinajstić information content (AvgIpc) is 2.82. The van der Waals surface area contributed by atoms with Crippen molar-refractivity contribution in [2.45, 2.75) is 109 Å². The second kappa shape index (κ2) is 22.9. The van der Waals surface area contributed by atoms with E-state index in [0.717, 1.165) is 26.4 Å². The van der Waals surface area contributed by atoms with Crippen LogP contribution in [0.3, 0.4) is 0 Å². The second-order valence-corrected chi connectivity index (χ2v) is 10.0. The third-order valence-corrected chi connectivity index (χ3v) is 6.71. The van der Waals surface area contributed by atoms with Gasteiger partial charge in [-0.25, -0.2) is 4.57 Å². The highest BCUT2D eigenvalue weighted by molar-refractivity contribution is 7.48. The molecule has 0 saturated heterocycles. The van der Waals surface area contributed by atoms with Gasteiger partial charge >= 0.3 is 13.8 Å². The van der Waals surface area contributed by atoms with Crippen LogP contribution in [0.25, 0.3) is 0 Å². The molecule has 0 bridgehead atoms. The molecule has 2 unspecified atom stereocenters. The van der Waals surface area contributed by atoms with Crippen LogP contribution in [0.15, 0.2) is 5.18 Å². The Labute approximate surface area is 199 Å². The molecule has 0 aromatic carbocycles. The standard InChI is InChI=1S/C23H46NO8P/c1-3-4-5-6-7-8-9-10-11-12-13-14-15-17-23(26)30-18-16-19-31-33(28,29-2)32-21-22(20-25)24-27/h22,25H,3-21H2,1-2H3. The second-order valence-electron chi connectivity index (χ2n) is 8.27. The zero-order valence-corrected chi connectivity index (χ0v) is 21.6. The first kappa shape index (κ1) is 32.1. The van der Waals surface area contributed by atoms with Crippen LogP contribution in [0.2, 0.25) is 0 Å². The van der Waals surface area contributed by atoms with Crippen LogP contribution in [0.1, 0.15) is 103 Å². The Kier molecular flexibility index (Phi) is 22.3. The molecule has 0 aliphatic heterocycles. The van der Waals surface area contributed by atoms with E-state index in [2.05, 4.69) is 12.1 Å². The highest BCUT2D eigenvalue weighted by Gasteiger charge is 2.26. The molecule has 0 heterocycles. The first-order valence-electron chi connectivity index (χ1n) is 12.5. The highest BCUT2D eigenvalue weighted by Crippen LogP contribution is 2.48. The number of carbonyl (C=O) groups excluding carboxylic acids is 1. The van der Waals surface area contributed by atoms with E-state index in [4.69, 9.17) is 23.4 Å². The number of phosphoric acid groups is 1. The molecule has 0 amide bonds. The molecule has 0 radical (unpaired) electrons. The summed E-state index contributed by atoms with van der Waals surface area (Å²) in [5, 5.41) is 11.5. The highest BCUT2D eigenvalue weighted by atomic mass is 31.2. The van der Waals surface area contributed by atoms with Crippen LogP contribution in [-0.4, -0.2) is 50.7 Å². The Morgan fingerprint density at radius 3 is 1.88 bits per heavy atom. The average molecular weight is 496 g/mol. The van der Waals surface area contributed by atoms with Crippen molar-refractivity contribution in [1.29, 1.82) is 0 Å². The topological polar surface area (TPSA) is 121 Å². The smallest absolute Gasteiger partial charge is 0.466 e. The number of rotatable bonds is 25. The molecule has 9 nitrogen and oxygen atoms in total. The number of phosphoric ester groups is 1. The number of unbranched alkanes of at least 4 members (excludes halogenated alkanes) is 12. The molecular formula is C23H46NO8P. The Balaban J connectivity index is 3.55. The summed E-state index contributed by atoms with van der Waals surface area (Å²) in [4.78, 5) is 22.2. The first-order valence-corrected chi connectivity index (χ1v) is 14.0. The van der Waals surface area contributed by atoms with Gasteiger partial charge in [-0.2, -0.15) is 4.91 Å². The van der Waals surface area contributed by atoms with Gasteiger partial charge in [-0.3, -0.25) is 18.4 Å². The lowest BCUT2D eigenvalue weighted by molar-refractivity contribution is -0.144. The summed E-state index contributed by atoms with van der Waals surface area (Å²) in [6.07, 6.45) is 17.1. The monoisotopic (exact) mass is 495 g/mol. The molecule has 196 valence electrons. The van der Waals surface area contributed by atoms with Crippen LogP contribution in [0, 0.1) is 4.91 Å². The van der Waals surface area contributed by atoms with Gasteiger partial charge in [0.2, 0.25) is 0 Å². The number of nitrogens with zero attached hydrogens (tertiary/aromatic N) is 1. The fourth-order valence-corrected chi connectivity index (χ4v) is 4.21. The summed E-state index contributed by atoms with van der Waals surface area (Å²) < 4.78 is 32.0. The van der Waals surface area contributed by atoms with Crippen molar-refractivity contribution in [3.8, 4) is 0 Å². The summed E-state index contributed by atoms with van der Waals surface area (Å²) in [5.41, 5.74) is 0. The van der Waals surface area contributed by atoms with Crippen molar-refractivity contribution in [2.24, 2.45) is 5.18 Å². The zero-order chi connectivity index (χ0) is 24.6. The SMILES string of the molecule is CCCCCCCCCCCCCCCC(=O)OCCCOP(=O)(OC)OCC(CO)N=O. The molecule has 10 heteroatoms. The lowest BCUT2D eigenvalue weighted by Gasteiger charge is -2.16. The lowest BCUT2D eigenvalue weighted by atomic mass is 10.0. The van der Waals surface area contributed by atoms with E-state index in [1.807, 2.05) is 0 Å². The van der Waals surface area contributed by atoms with E-state index in [1.165, 1.54) is 64.2 Å². The maximum Gasteiger partial charge on any atom is 0.474 e. The summed E-state index contributed by atoms with van der Waals surface area (Å²) in [7, 11) is -2.69. The molecule has 0 aromatic heterocycles. The first-order chi connectivity index (χ1) is 16.0. The summed E-state index contributed by atoms with van der Waals surface area (Å²) in [6.45, 7) is 1.49. The predicted molar refractivity (Wildman–Crippen MR) is 129 cm³/mol. The minimum Gasteiger partial charge on any atom is -0.466 e. The minimum atomic E-state index is -3.84. The molecule has 2 atom stereocenters. The predicted octanol–water partition coefficient (Wildman–Crippen LogP) is 6.32. The van der Waals surface area contributed by atoms with Crippen LogP contribution in [0.5, 0.6) is 0 Å². The van der Waals surface area contributed by atoms with Gasteiger partial charge < -0.3 is 9.84 Å². The maximum atomic E-state index is 12.2. The number of nitroso groups, excluding NO2 is 1. The van der Waals surface area contributed by atoms with Gasteiger partial charge in [0.1, 0.15) is 6.04 Å². The number of esters is 1. The maximum absolute atomic E-state index is 12.2. The van der Waals surface area contributed by atoms with Gasteiger partial charge in [-0.15, -0.1) is 0 Å². The van der Waals surface area contributed by atoms with Crippen LogP contribution < -0.4 is 0 Å². The van der Waals surface area contributed by atoms with Crippen LogP contribution in [-0.2, 0) is 27.7 Å². The van der Waals surface area contributed by atoms with Crippen molar-refractivity contribution in [3.05, 3.63) is 4.91 Å². The molecule has 0 spiro atoms. The van der Waals surface area contributed by atoms with Gasteiger partial charge in [0, 0.05) is 20.0 Å². The normalized spacial score (nSPS) is 14.0. The molecule has 1 N–H and O–H groups in total. The van der Waals surface area contributed by atoms with E-state index in [-0.39, 0.29) is 25.8 Å². The third kappa shape index (κ3) is 20.2. The lowest BCUT2D eigenvalue weighted by Crippen LogP contribution is -2.17. The number of aliphatic hydroxyl groups excluding tert-OH is 1. The van der Waals surface area contributed by atoms with E-state index >= 15 is 0 Å². The van der Waals surface area contributed by atoms with Gasteiger partial charge in [0.15, 0.2) is 0 Å². The van der Waals surface area contributed by atoms with Crippen molar-refractivity contribution in [2.75, 3.05) is 33.5 Å². The van der Waals surface area contributed by atoms with Gasteiger partial charge in [0.25, 0.3) is 0 Å². The largest absolute Gasteiger partial charge is 0.474 e. The Morgan fingerprint density at radius 1 is 0.848 bits per heavy atom. The van der Waals surface area contributed by atoms with Crippen molar-refractivity contribution in [1.82, 2.24) is 0 Å². The van der Waals surface area contributed by atoms with E-state index in [0.29, 0.717) is 12.8 Å². The van der Waals surface area contributed by atoms with Crippen molar-refractivity contribution < 1.29 is 32.8 Å². The summed E-state index contributed by atoms with van der Waals surface area (Å²) in [6, 6.07) is -1.04. The fourth-order valence-electron chi connectivity index (χ4n) is 3.22. The fraction of sp³-hybridized carbons (Fsp3) is 0.957. The van der Waals surface area contributed by atoms with Crippen molar-refractivity contribution in [3.63, 3.8) is 0 Å². The quantitative estimate of drug-likeness (QED) is 0.0676.